The van der Waals surface area contributed by atoms with E-state index in [0.29, 0.717) is 51.1 Å². The van der Waals surface area contributed by atoms with E-state index in [2.05, 4.69) is 25.6 Å². The Morgan fingerprint density at radius 1 is 0.938 bits per heavy atom. The number of rotatable bonds is 4. The summed E-state index contributed by atoms with van der Waals surface area (Å²) in [4.78, 5) is 22.3. The van der Waals surface area contributed by atoms with Crippen LogP contribution in [0.15, 0.2) is 49.9 Å². The lowest BCUT2D eigenvalue weighted by Gasteiger charge is -2.10. The second kappa shape index (κ2) is 7.45. The number of carbonyl (C=O) groups excluding carboxylic acids is 1. The van der Waals surface area contributed by atoms with Crippen molar-refractivity contribution in [2.75, 3.05) is 5.32 Å². The number of aryl methyl sites for hydroxylation is 4. The highest BCUT2D eigenvalue weighted by Gasteiger charge is 2.22. The van der Waals surface area contributed by atoms with E-state index in [4.69, 9.17) is 13.5 Å². The number of amides is 1. The largest absolute Gasteiger partial charge is 0.466 e. The zero-order valence-electron chi connectivity index (χ0n) is 17.9. The molecule has 1 N–H and O–H groups in total. The molecule has 0 atom stereocenters. The maximum absolute atomic E-state index is 13.4. The molecule has 0 saturated carbocycles. The summed E-state index contributed by atoms with van der Waals surface area (Å²) in [5, 5.41) is 11.5. The van der Waals surface area contributed by atoms with Gasteiger partial charge in [0.05, 0.1) is 28.0 Å². The first-order valence-corrected chi connectivity index (χ1v) is 9.96. The first-order valence-electron chi connectivity index (χ1n) is 9.96. The van der Waals surface area contributed by atoms with Gasteiger partial charge in [0, 0.05) is 18.1 Å². The van der Waals surface area contributed by atoms with Crippen molar-refractivity contribution in [3.05, 3.63) is 65.1 Å². The SMILES string of the molecule is Cc1cc(-c2cc(C(=O)Nc3ccccc3-c3noc(C)n3)c3c(C)noc3n2)c(C)o1. The summed E-state index contributed by atoms with van der Waals surface area (Å²) in [7, 11) is 0. The van der Waals surface area contributed by atoms with Crippen molar-refractivity contribution in [1.82, 2.24) is 20.3 Å². The molecule has 1 amide bonds. The third-order valence-corrected chi connectivity index (χ3v) is 5.12. The average Bonchev–Trinajstić information content (AvgIpc) is 3.46. The van der Waals surface area contributed by atoms with Gasteiger partial charge in [-0.15, -0.1) is 0 Å². The van der Waals surface area contributed by atoms with Crippen LogP contribution < -0.4 is 5.32 Å². The zero-order valence-corrected chi connectivity index (χ0v) is 17.9. The Bertz CT molecular complexity index is 1480. The van der Waals surface area contributed by atoms with Crippen LogP contribution >= 0.6 is 0 Å². The van der Waals surface area contributed by atoms with Crippen molar-refractivity contribution < 1.29 is 18.3 Å². The summed E-state index contributed by atoms with van der Waals surface area (Å²) < 4.78 is 16.1. The lowest BCUT2D eigenvalue weighted by molar-refractivity contribution is 0.102. The smallest absolute Gasteiger partial charge is 0.259 e. The van der Waals surface area contributed by atoms with Gasteiger partial charge in [0.1, 0.15) is 11.5 Å². The average molecular weight is 429 g/mol. The molecule has 0 saturated heterocycles. The molecule has 1 aromatic carbocycles. The number of fused-ring (bicyclic) bond motifs is 1. The number of aromatic nitrogens is 4. The fourth-order valence-electron chi connectivity index (χ4n) is 3.68. The molecule has 5 aromatic rings. The maximum atomic E-state index is 13.4. The van der Waals surface area contributed by atoms with Crippen molar-refractivity contribution >= 4 is 22.7 Å². The molecule has 0 bridgehead atoms. The number of benzene rings is 1. The Kier molecular flexibility index (Phi) is 4.58. The number of nitrogens with one attached hydrogen (secondary N) is 1. The van der Waals surface area contributed by atoms with Crippen LogP contribution in [-0.4, -0.2) is 26.2 Å². The lowest BCUT2D eigenvalue weighted by atomic mass is 10.0. The van der Waals surface area contributed by atoms with Gasteiger partial charge in [0.2, 0.25) is 11.7 Å². The van der Waals surface area contributed by atoms with Gasteiger partial charge in [-0.1, -0.05) is 22.4 Å². The van der Waals surface area contributed by atoms with Crippen LogP contribution in [0.3, 0.4) is 0 Å². The van der Waals surface area contributed by atoms with E-state index in [1.807, 2.05) is 38.1 Å². The summed E-state index contributed by atoms with van der Waals surface area (Å²) in [5.74, 6) is 1.95. The Morgan fingerprint density at radius 3 is 2.47 bits per heavy atom. The first kappa shape index (κ1) is 19.7. The fraction of sp³-hybridized carbons (Fsp3) is 0.174. The Hall–Kier alpha value is -4.27. The van der Waals surface area contributed by atoms with Crippen molar-refractivity contribution in [3.63, 3.8) is 0 Å². The van der Waals surface area contributed by atoms with Crippen LogP contribution in [0.1, 0.15) is 33.5 Å². The third-order valence-electron chi connectivity index (χ3n) is 5.12. The van der Waals surface area contributed by atoms with Gasteiger partial charge in [-0.3, -0.25) is 4.79 Å². The third kappa shape index (κ3) is 3.33. The van der Waals surface area contributed by atoms with Crippen LogP contribution in [-0.2, 0) is 0 Å². The van der Waals surface area contributed by atoms with Gasteiger partial charge in [-0.05, 0) is 45.0 Å². The molecule has 0 aliphatic rings. The molecule has 4 heterocycles. The van der Waals surface area contributed by atoms with Crippen molar-refractivity contribution in [2.45, 2.75) is 27.7 Å². The van der Waals surface area contributed by atoms with Gasteiger partial charge in [-0.2, -0.15) is 4.98 Å². The molecule has 32 heavy (non-hydrogen) atoms. The zero-order chi connectivity index (χ0) is 22.4. The molecule has 0 spiro atoms. The molecule has 9 heteroatoms. The number of furan rings is 1. The molecule has 0 aliphatic heterocycles. The van der Waals surface area contributed by atoms with E-state index in [1.54, 1.807) is 26.0 Å². The highest BCUT2D eigenvalue weighted by atomic mass is 16.5. The van der Waals surface area contributed by atoms with Crippen LogP contribution in [0.2, 0.25) is 0 Å². The standard InChI is InChI=1S/C23H19N5O4/c1-11-9-16(13(3)30-11)19-10-17(20-12(2)27-32-23(20)26-19)22(29)25-18-8-6-5-7-15(18)21-24-14(4)31-28-21/h5-10H,1-4H3,(H,25,29). The molecule has 0 unspecified atom stereocenters. The molecule has 0 radical (unpaired) electrons. The van der Waals surface area contributed by atoms with Crippen molar-refractivity contribution in [1.29, 1.82) is 0 Å². The second-order valence-corrected chi connectivity index (χ2v) is 7.47. The maximum Gasteiger partial charge on any atom is 0.259 e. The summed E-state index contributed by atoms with van der Waals surface area (Å²) in [6.07, 6.45) is 0. The molecule has 5 rings (SSSR count). The number of pyridine rings is 1. The molecular formula is C23H19N5O4. The minimum atomic E-state index is -0.338. The highest BCUT2D eigenvalue weighted by Crippen LogP contribution is 2.32. The van der Waals surface area contributed by atoms with Gasteiger partial charge in [0.25, 0.3) is 11.6 Å². The topological polar surface area (TPSA) is 120 Å². The Balaban J connectivity index is 1.60. The monoisotopic (exact) mass is 429 g/mol. The van der Waals surface area contributed by atoms with Gasteiger partial charge in [0.15, 0.2) is 0 Å². The minimum absolute atomic E-state index is 0.283. The van der Waals surface area contributed by atoms with Gasteiger partial charge in [-0.25, -0.2) is 4.98 Å². The highest BCUT2D eigenvalue weighted by molar-refractivity contribution is 6.14. The van der Waals surface area contributed by atoms with Crippen LogP contribution in [0.5, 0.6) is 0 Å². The summed E-state index contributed by atoms with van der Waals surface area (Å²) in [5.41, 5.74) is 3.80. The van der Waals surface area contributed by atoms with Gasteiger partial charge < -0.3 is 18.8 Å². The van der Waals surface area contributed by atoms with E-state index < -0.39 is 0 Å². The van der Waals surface area contributed by atoms with Crippen LogP contribution in [0, 0.1) is 27.7 Å². The van der Waals surface area contributed by atoms with Crippen molar-refractivity contribution in [3.8, 4) is 22.6 Å². The van der Waals surface area contributed by atoms with E-state index in [1.165, 1.54) is 0 Å². The van der Waals surface area contributed by atoms with E-state index in [9.17, 15) is 4.79 Å². The van der Waals surface area contributed by atoms with Gasteiger partial charge >= 0.3 is 0 Å². The van der Waals surface area contributed by atoms with E-state index >= 15 is 0 Å². The number of para-hydroxylation sites is 1. The predicted octanol–water partition coefficient (Wildman–Crippen LogP) is 5.02. The molecule has 9 nitrogen and oxygen atoms in total. The number of carbonyl (C=O) groups is 1. The molecule has 4 aromatic heterocycles. The van der Waals surface area contributed by atoms with E-state index in [-0.39, 0.29) is 11.6 Å². The Morgan fingerprint density at radius 2 is 1.75 bits per heavy atom. The quantitative estimate of drug-likeness (QED) is 0.423. The normalized spacial score (nSPS) is 11.2. The predicted molar refractivity (Wildman–Crippen MR) is 116 cm³/mol. The molecular weight excluding hydrogens is 410 g/mol. The number of anilines is 1. The van der Waals surface area contributed by atoms with Crippen molar-refractivity contribution in [2.24, 2.45) is 0 Å². The summed E-state index contributed by atoms with van der Waals surface area (Å²) >= 11 is 0. The Labute approximate surface area is 182 Å². The summed E-state index contributed by atoms with van der Waals surface area (Å²) in [6.45, 7) is 7.19. The first-order chi connectivity index (χ1) is 15.4. The number of hydrogen-bond acceptors (Lipinski definition) is 8. The minimum Gasteiger partial charge on any atom is -0.466 e. The van der Waals surface area contributed by atoms with Crippen LogP contribution in [0.4, 0.5) is 5.69 Å². The lowest BCUT2D eigenvalue weighted by Crippen LogP contribution is -2.14. The molecule has 160 valence electrons. The number of nitrogens with zero attached hydrogens (tertiary/aromatic N) is 4. The second-order valence-electron chi connectivity index (χ2n) is 7.47. The van der Waals surface area contributed by atoms with Crippen LogP contribution in [0.25, 0.3) is 33.7 Å². The fourth-order valence-corrected chi connectivity index (χ4v) is 3.68. The summed E-state index contributed by atoms with van der Waals surface area (Å²) in [6, 6.07) is 10.9. The molecule has 0 fully saturated rings. The number of hydrogen-bond donors (Lipinski definition) is 1. The van der Waals surface area contributed by atoms with E-state index in [0.717, 1.165) is 11.3 Å². The molecule has 0 aliphatic carbocycles.